The number of hydrogen-bond acceptors (Lipinski definition) is 3. The maximum Gasteiger partial charge on any atom is 0.0624 e. The molecule has 3 heteroatoms. The largest absolute Gasteiger partial charge is 0.378 e. The fourth-order valence-electron chi connectivity index (χ4n) is 3.63. The summed E-state index contributed by atoms with van der Waals surface area (Å²) in [7, 11) is 2.09. The van der Waals surface area contributed by atoms with E-state index in [-0.39, 0.29) is 0 Å². The van der Waals surface area contributed by atoms with Crippen LogP contribution in [0.15, 0.2) is 0 Å². The van der Waals surface area contributed by atoms with Crippen LogP contribution >= 0.6 is 0 Å². The summed E-state index contributed by atoms with van der Waals surface area (Å²) in [6, 6.07) is 0.723. The van der Waals surface area contributed by atoms with Crippen molar-refractivity contribution in [3.8, 4) is 0 Å². The number of nitrogens with one attached hydrogen (secondary N) is 1. The van der Waals surface area contributed by atoms with Crippen LogP contribution in [-0.4, -0.2) is 38.0 Å². The summed E-state index contributed by atoms with van der Waals surface area (Å²) in [5.74, 6) is 0.824. The third kappa shape index (κ3) is 3.94. The molecule has 1 saturated carbocycles. The molecular weight excluding hydrogens is 226 g/mol. The van der Waals surface area contributed by atoms with Crippen LogP contribution in [0.4, 0.5) is 0 Å². The summed E-state index contributed by atoms with van der Waals surface area (Å²) in [5.41, 5.74) is 0. The van der Waals surface area contributed by atoms with Gasteiger partial charge in [0, 0.05) is 12.6 Å². The second kappa shape index (κ2) is 6.88. The van der Waals surface area contributed by atoms with Gasteiger partial charge >= 0.3 is 0 Å². The molecule has 0 aromatic heterocycles. The van der Waals surface area contributed by atoms with Gasteiger partial charge in [-0.25, -0.2) is 0 Å². The van der Waals surface area contributed by atoms with Crippen LogP contribution in [0, 0.1) is 5.92 Å². The predicted octanol–water partition coefficient (Wildman–Crippen LogP) is 2.74. The zero-order valence-electron chi connectivity index (χ0n) is 12.2. The number of ether oxygens (including phenoxy) is 2. The van der Waals surface area contributed by atoms with Gasteiger partial charge in [0.2, 0.25) is 0 Å². The average molecular weight is 255 g/mol. The van der Waals surface area contributed by atoms with Crippen LogP contribution in [-0.2, 0) is 9.47 Å². The highest BCUT2D eigenvalue weighted by Gasteiger charge is 2.27. The molecule has 0 bridgehead atoms. The van der Waals surface area contributed by atoms with Crippen molar-refractivity contribution in [3.63, 3.8) is 0 Å². The molecule has 0 spiro atoms. The van der Waals surface area contributed by atoms with Crippen molar-refractivity contribution in [2.24, 2.45) is 5.92 Å². The molecule has 0 aromatic carbocycles. The Morgan fingerprint density at radius 1 is 1.17 bits per heavy atom. The van der Waals surface area contributed by atoms with E-state index in [1.54, 1.807) is 0 Å². The first kappa shape index (κ1) is 14.3. The van der Waals surface area contributed by atoms with Crippen molar-refractivity contribution in [3.05, 3.63) is 0 Å². The monoisotopic (exact) mass is 255 g/mol. The minimum absolute atomic E-state index is 0.357. The highest BCUT2D eigenvalue weighted by atomic mass is 16.5. The van der Waals surface area contributed by atoms with Gasteiger partial charge in [-0.15, -0.1) is 0 Å². The Balaban J connectivity index is 1.65. The quantitative estimate of drug-likeness (QED) is 0.819. The molecule has 0 amide bonds. The molecule has 4 atom stereocenters. The molecule has 0 aromatic rings. The van der Waals surface area contributed by atoms with E-state index in [1.807, 2.05) is 0 Å². The lowest BCUT2D eigenvalue weighted by Gasteiger charge is -2.32. The Bertz CT molecular complexity index is 237. The van der Waals surface area contributed by atoms with Crippen LogP contribution in [0.2, 0.25) is 0 Å². The summed E-state index contributed by atoms with van der Waals surface area (Å²) in [5, 5.41) is 3.44. The summed E-state index contributed by atoms with van der Waals surface area (Å²) >= 11 is 0. The van der Waals surface area contributed by atoms with E-state index < -0.39 is 0 Å². The third-order valence-electron chi connectivity index (χ3n) is 4.53. The van der Waals surface area contributed by atoms with Gasteiger partial charge in [0.25, 0.3) is 0 Å². The molecule has 2 aliphatic rings. The molecule has 1 aliphatic heterocycles. The normalized spacial score (nSPS) is 41.2. The Labute approximate surface area is 112 Å². The van der Waals surface area contributed by atoms with Gasteiger partial charge in [0.05, 0.1) is 18.3 Å². The molecule has 0 radical (unpaired) electrons. The molecule has 3 nitrogen and oxygen atoms in total. The predicted molar refractivity (Wildman–Crippen MR) is 73.8 cm³/mol. The van der Waals surface area contributed by atoms with E-state index in [9.17, 15) is 0 Å². The second-order valence-corrected chi connectivity index (χ2v) is 6.10. The van der Waals surface area contributed by atoms with Crippen molar-refractivity contribution in [2.45, 2.75) is 76.7 Å². The number of rotatable bonds is 5. The lowest BCUT2D eigenvalue weighted by atomic mass is 9.99. The van der Waals surface area contributed by atoms with Gasteiger partial charge in [0.1, 0.15) is 0 Å². The zero-order chi connectivity index (χ0) is 13.0. The van der Waals surface area contributed by atoms with Gasteiger partial charge in [-0.05, 0) is 58.9 Å². The molecule has 2 fully saturated rings. The minimum atomic E-state index is 0.357. The third-order valence-corrected chi connectivity index (χ3v) is 4.53. The van der Waals surface area contributed by atoms with Gasteiger partial charge in [-0.3, -0.25) is 0 Å². The number of hydrogen-bond donors (Lipinski definition) is 1. The van der Waals surface area contributed by atoms with Crippen molar-refractivity contribution < 1.29 is 9.47 Å². The minimum Gasteiger partial charge on any atom is -0.378 e. The standard InChI is InChI=1S/C15H29NO2/c1-11-9-14(10-12(2)18-11)17-8-7-13-5-4-6-15(13)16-3/h11-16H,4-10H2,1-3H3. The molecule has 1 N–H and O–H groups in total. The summed E-state index contributed by atoms with van der Waals surface area (Å²) in [4.78, 5) is 0. The maximum absolute atomic E-state index is 6.07. The average Bonchev–Trinajstić information content (AvgIpc) is 2.75. The van der Waals surface area contributed by atoms with Gasteiger partial charge in [-0.2, -0.15) is 0 Å². The smallest absolute Gasteiger partial charge is 0.0624 e. The van der Waals surface area contributed by atoms with Crippen LogP contribution in [0.5, 0.6) is 0 Å². The molecule has 1 heterocycles. The molecule has 4 unspecified atom stereocenters. The highest BCUT2D eigenvalue weighted by molar-refractivity contribution is 4.82. The Morgan fingerprint density at radius 3 is 2.56 bits per heavy atom. The highest BCUT2D eigenvalue weighted by Crippen LogP contribution is 2.29. The first-order valence-electron chi connectivity index (χ1n) is 7.63. The molecule has 1 aliphatic carbocycles. The summed E-state index contributed by atoms with van der Waals surface area (Å²) < 4.78 is 11.8. The van der Waals surface area contributed by atoms with E-state index in [0.717, 1.165) is 31.4 Å². The fourth-order valence-corrected chi connectivity index (χ4v) is 3.63. The summed E-state index contributed by atoms with van der Waals surface area (Å²) in [6.45, 7) is 5.23. The van der Waals surface area contributed by atoms with Crippen LogP contribution in [0.25, 0.3) is 0 Å². The maximum atomic E-state index is 6.07. The lowest BCUT2D eigenvalue weighted by molar-refractivity contribution is -0.103. The molecule has 18 heavy (non-hydrogen) atoms. The van der Waals surface area contributed by atoms with Crippen molar-refractivity contribution in [1.82, 2.24) is 5.32 Å². The van der Waals surface area contributed by atoms with Crippen LogP contribution in [0.1, 0.15) is 52.4 Å². The SMILES string of the molecule is CNC1CCCC1CCOC1CC(C)OC(C)C1. The lowest BCUT2D eigenvalue weighted by Crippen LogP contribution is -2.35. The molecule has 1 saturated heterocycles. The Morgan fingerprint density at radius 2 is 1.89 bits per heavy atom. The van der Waals surface area contributed by atoms with E-state index in [0.29, 0.717) is 18.3 Å². The van der Waals surface area contributed by atoms with E-state index in [4.69, 9.17) is 9.47 Å². The first-order chi connectivity index (χ1) is 8.69. The van der Waals surface area contributed by atoms with E-state index in [1.165, 1.54) is 25.7 Å². The Hall–Kier alpha value is -0.120. The van der Waals surface area contributed by atoms with Crippen molar-refractivity contribution in [1.29, 1.82) is 0 Å². The van der Waals surface area contributed by atoms with Gasteiger partial charge in [-0.1, -0.05) is 6.42 Å². The summed E-state index contributed by atoms with van der Waals surface area (Å²) in [6.07, 6.45) is 8.55. The zero-order valence-corrected chi connectivity index (χ0v) is 12.2. The fraction of sp³-hybridized carbons (Fsp3) is 1.00. The van der Waals surface area contributed by atoms with Crippen molar-refractivity contribution in [2.75, 3.05) is 13.7 Å². The molecular formula is C15H29NO2. The van der Waals surface area contributed by atoms with E-state index in [2.05, 4.69) is 26.2 Å². The topological polar surface area (TPSA) is 30.5 Å². The van der Waals surface area contributed by atoms with Gasteiger partial charge in [0.15, 0.2) is 0 Å². The van der Waals surface area contributed by atoms with Crippen molar-refractivity contribution >= 4 is 0 Å². The first-order valence-corrected chi connectivity index (χ1v) is 7.63. The Kier molecular flexibility index (Phi) is 5.46. The van der Waals surface area contributed by atoms with Gasteiger partial charge < -0.3 is 14.8 Å². The second-order valence-electron chi connectivity index (χ2n) is 6.10. The van der Waals surface area contributed by atoms with Crippen LogP contribution in [0.3, 0.4) is 0 Å². The molecule has 106 valence electrons. The molecule has 2 rings (SSSR count). The van der Waals surface area contributed by atoms with Crippen LogP contribution < -0.4 is 5.32 Å². The van der Waals surface area contributed by atoms with E-state index >= 15 is 0 Å².